The molecule has 1 N–H and O–H groups in total. The normalized spacial score (nSPS) is 19.2. The molecule has 6 nitrogen and oxygen atoms in total. The third-order valence-corrected chi connectivity index (χ3v) is 2.71. The van der Waals surface area contributed by atoms with Gasteiger partial charge in [-0.25, -0.2) is 4.68 Å². The molecule has 2 rings (SSSR count). The maximum atomic E-state index is 11.7. The average molecular weight is 237 g/mol. The molecule has 0 aliphatic carbocycles. The summed E-state index contributed by atoms with van der Waals surface area (Å²) in [5, 5.41) is 6.61. The second-order valence-electron chi connectivity index (χ2n) is 4.03. The number of rotatable bonds is 3. The lowest BCUT2D eigenvalue weighted by Gasteiger charge is -2.10. The lowest BCUT2D eigenvalue weighted by molar-refractivity contribution is 0.0852. The molecule has 0 bridgehead atoms. The molecular formula is C11H15N3O3. The predicted octanol–water partition coefficient (Wildman–Crippen LogP) is -0.311. The Morgan fingerprint density at radius 3 is 3.12 bits per heavy atom. The Balaban J connectivity index is 1.94. The van der Waals surface area contributed by atoms with Gasteiger partial charge in [0, 0.05) is 26.3 Å². The van der Waals surface area contributed by atoms with Gasteiger partial charge in [0.25, 0.3) is 11.5 Å². The monoisotopic (exact) mass is 237 g/mol. The average Bonchev–Trinajstić information content (AvgIpc) is 2.82. The summed E-state index contributed by atoms with van der Waals surface area (Å²) in [6.45, 7) is 1.25. The molecule has 1 aliphatic rings. The first-order valence-corrected chi connectivity index (χ1v) is 5.61. The van der Waals surface area contributed by atoms with E-state index < -0.39 is 0 Å². The van der Waals surface area contributed by atoms with Gasteiger partial charge in [-0.2, -0.15) is 5.10 Å². The zero-order chi connectivity index (χ0) is 12.3. The van der Waals surface area contributed by atoms with E-state index in [-0.39, 0.29) is 23.3 Å². The largest absolute Gasteiger partial charge is 0.376 e. The molecule has 1 fully saturated rings. The Bertz CT molecular complexity index is 463. The van der Waals surface area contributed by atoms with Gasteiger partial charge in [-0.15, -0.1) is 0 Å². The van der Waals surface area contributed by atoms with Gasteiger partial charge in [0.1, 0.15) is 5.69 Å². The first-order valence-electron chi connectivity index (χ1n) is 5.61. The summed E-state index contributed by atoms with van der Waals surface area (Å²) >= 11 is 0. The summed E-state index contributed by atoms with van der Waals surface area (Å²) in [7, 11) is 1.51. The minimum atomic E-state index is -0.281. The maximum absolute atomic E-state index is 11.7. The molecule has 0 radical (unpaired) electrons. The molecule has 2 heterocycles. The number of hydrogen-bond acceptors (Lipinski definition) is 4. The minimum Gasteiger partial charge on any atom is -0.376 e. The third-order valence-electron chi connectivity index (χ3n) is 2.71. The zero-order valence-electron chi connectivity index (χ0n) is 9.68. The molecule has 1 saturated heterocycles. The van der Waals surface area contributed by atoms with Crippen molar-refractivity contribution in [3.63, 3.8) is 0 Å². The van der Waals surface area contributed by atoms with Crippen LogP contribution in [0, 0.1) is 0 Å². The van der Waals surface area contributed by atoms with Crippen LogP contribution in [-0.2, 0) is 11.8 Å². The number of aryl methyl sites for hydroxylation is 1. The number of carbonyl (C=O) groups is 1. The van der Waals surface area contributed by atoms with E-state index in [0.29, 0.717) is 6.54 Å². The zero-order valence-corrected chi connectivity index (χ0v) is 9.68. The van der Waals surface area contributed by atoms with Crippen LogP contribution < -0.4 is 10.9 Å². The fourth-order valence-corrected chi connectivity index (χ4v) is 1.73. The summed E-state index contributed by atoms with van der Waals surface area (Å²) in [6, 6.07) is 2.75. The summed E-state index contributed by atoms with van der Waals surface area (Å²) in [6.07, 6.45) is 2.12. The van der Waals surface area contributed by atoms with E-state index in [9.17, 15) is 9.59 Å². The van der Waals surface area contributed by atoms with Gasteiger partial charge >= 0.3 is 0 Å². The van der Waals surface area contributed by atoms with Gasteiger partial charge in [0.2, 0.25) is 0 Å². The van der Waals surface area contributed by atoms with Gasteiger partial charge < -0.3 is 10.1 Å². The minimum absolute atomic E-state index is 0.103. The molecule has 1 atom stereocenters. The van der Waals surface area contributed by atoms with Gasteiger partial charge in [-0.05, 0) is 18.9 Å². The number of amides is 1. The van der Waals surface area contributed by atoms with Crippen molar-refractivity contribution < 1.29 is 9.53 Å². The third kappa shape index (κ3) is 2.91. The van der Waals surface area contributed by atoms with Gasteiger partial charge in [-0.3, -0.25) is 9.59 Å². The molecule has 17 heavy (non-hydrogen) atoms. The Kier molecular flexibility index (Phi) is 3.53. The van der Waals surface area contributed by atoms with Crippen molar-refractivity contribution in [2.24, 2.45) is 7.05 Å². The Morgan fingerprint density at radius 2 is 2.47 bits per heavy atom. The van der Waals surface area contributed by atoms with E-state index in [1.807, 2.05) is 0 Å². The fourth-order valence-electron chi connectivity index (χ4n) is 1.73. The molecule has 1 aliphatic heterocycles. The number of hydrogen-bond donors (Lipinski definition) is 1. The van der Waals surface area contributed by atoms with Crippen LogP contribution >= 0.6 is 0 Å². The quantitative estimate of drug-likeness (QED) is 0.782. The highest BCUT2D eigenvalue weighted by atomic mass is 16.5. The van der Waals surface area contributed by atoms with E-state index in [2.05, 4.69) is 10.4 Å². The Morgan fingerprint density at radius 1 is 1.65 bits per heavy atom. The first kappa shape index (κ1) is 11.8. The van der Waals surface area contributed by atoms with Crippen LogP contribution in [0.2, 0.25) is 0 Å². The lowest BCUT2D eigenvalue weighted by Crippen LogP contribution is -2.33. The van der Waals surface area contributed by atoms with Gasteiger partial charge in [-0.1, -0.05) is 0 Å². The molecular weight excluding hydrogens is 222 g/mol. The van der Waals surface area contributed by atoms with E-state index in [1.54, 1.807) is 0 Å². The number of carbonyl (C=O) groups excluding carboxylic acids is 1. The standard InChI is InChI=1S/C11H15N3O3/c1-14-10(15)5-4-9(13-14)11(16)12-7-8-3-2-6-17-8/h4-5,8H,2-3,6-7H2,1H3,(H,12,16). The highest BCUT2D eigenvalue weighted by Gasteiger charge is 2.17. The summed E-state index contributed by atoms with van der Waals surface area (Å²) in [5.74, 6) is -0.281. The molecule has 1 aromatic heterocycles. The van der Waals surface area contributed by atoms with Crippen LogP contribution in [0.15, 0.2) is 16.9 Å². The molecule has 0 aromatic carbocycles. The van der Waals surface area contributed by atoms with E-state index in [4.69, 9.17) is 4.74 Å². The van der Waals surface area contributed by atoms with E-state index in [1.165, 1.54) is 19.2 Å². The van der Waals surface area contributed by atoms with Crippen molar-refractivity contribution in [3.8, 4) is 0 Å². The Hall–Kier alpha value is -1.69. The SMILES string of the molecule is Cn1nc(C(=O)NCC2CCCO2)ccc1=O. The van der Waals surface area contributed by atoms with Crippen LogP contribution in [0.25, 0.3) is 0 Å². The predicted molar refractivity (Wildman–Crippen MR) is 60.8 cm³/mol. The van der Waals surface area contributed by atoms with Gasteiger partial charge in [0.15, 0.2) is 0 Å². The van der Waals surface area contributed by atoms with E-state index >= 15 is 0 Å². The van der Waals surface area contributed by atoms with Crippen LogP contribution in [0.4, 0.5) is 0 Å². The number of nitrogens with one attached hydrogen (secondary N) is 1. The lowest BCUT2D eigenvalue weighted by atomic mass is 10.2. The van der Waals surface area contributed by atoms with Gasteiger partial charge in [0.05, 0.1) is 6.10 Å². The summed E-state index contributed by atoms with van der Waals surface area (Å²) < 4.78 is 6.53. The molecule has 6 heteroatoms. The van der Waals surface area contributed by atoms with E-state index in [0.717, 1.165) is 24.1 Å². The number of ether oxygens (including phenoxy) is 1. The summed E-state index contributed by atoms with van der Waals surface area (Å²) in [5.41, 5.74) is 0.00535. The van der Waals surface area contributed by atoms with Crippen molar-refractivity contribution >= 4 is 5.91 Å². The molecule has 1 amide bonds. The Labute approximate surface area is 98.6 Å². The highest BCUT2D eigenvalue weighted by Crippen LogP contribution is 2.10. The molecule has 0 spiro atoms. The molecule has 1 aromatic rings. The van der Waals surface area contributed by atoms with Crippen LogP contribution in [0.1, 0.15) is 23.3 Å². The van der Waals surface area contributed by atoms with Crippen molar-refractivity contribution in [2.75, 3.05) is 13.2 Å². The maximum Gasteiger partial charge on any atom is 0.271 e. The fraction of sp³-hybridized carbons (Fsp3) is 0.545. The number of aromatic nitrogens is 2. The number of nitrogens with zero attached hydrogens (tertiary/aromatic N) is 2. The molecule has 92 valence electrons. The molecule has 0 saturated carbocycles. The summed E-state index contributed by atoms with van der Waals surface area (Å²) in [4.78, 5) is 22.8. The van der Waals surface area contributed by atoms with Crippen molar-refractivity contribution in [1.82, 2.24) is 15.1 Å². The topological polar surface area (TPSA) is 73.2 Å². The highest BCUT2D eigenvalue weighted by molar-refractivity contribution is 5.91. The van der Waals surface area contributed by atoms with Crippen molar-refractivity contribution in [2.45, 2.75) is 18.9 Å². The first-order chi connectivity index (χ1) is 8.16. The van der Waals surface area contributed by atoms with Crippen molar-refractivity contribution in [1.29, 1.82) is 0 Å². The van der Waals surface area contributed by atoms with Crippen LogP contribution in [0.5, 0.6) is 0 Å². The smallest absolute Gasteiger partial charge is 0.271 e. The van der Waals surface area contributed by atoms with Crippen LogP contribution in [-0.4, -0.2) is 34.9 Å². The van der Waals surface area contributed by atoms with Crippen molar-refractivity contribution in [3.05, 3.63) is 28.2 Å². The second kappa shape index (κ2) is 5.09. The van der Waals surface area contributed by atoms with Crippen LogP contribution in [0.3, 0.4) is 0 Å². The molecule has 1 unspecified atom stereocenters. The second-order valence-corrected chi connectivity index (χ2v) is 4.03.